The van der Waals surface area contributed by atoms with Crippen LogP contribution in [-0.4, -0.2) is 37.4 Å². The number of likely N-dealkylation sites (tertiary alicyclic amines) is 1. The highest BCUT2D eigenvalue weighted by molar-refractivity contribution is 5.05. The maximum atomic E-state index is 9.96. The van der Waals surface area contributed by atoms with E-state index in [1.54, 1.807) is 0 Å². The van der Waals surface area contributed by atoms with E-state index in [0.29, 0.717) is 12.1 Å². The van der Waals surface area contributed by atoms with Crippen molar-refractivity contribution >= 4 is 0 Å². The zero-order valence-electron chi connectivity index (χ0n) is 11.2. The average Bonchev–Trinajstić information content (AvgIpc) is 2.95. The normalized spacial score (nSPS) is 28.9. The van der Waals surface area contributed by atoms with Crippen LogP contribution in [0.4, 0.5) is 0 Å². The summed E-state index contributed by atoms with van der Waals surface area (Å²) in [5, 5.41) is 14.6. The number of aliphatic hydroxyl groups is 1. The van der Waals surface area contributed by atoms with Crippen molar-refractivity contribution in [1.82, 2.24) is 19.7 Å². The fraction of sp³-hybridized carbons (Fsp3) is 0.846. The van der Waals surface area contributed by atoms with E-state index in [1.807, 2.05) is 4.68 Å². The van der Waals surface area contributed by atoms with Crippen LogP contribution in [0.2, 0.25) is 0 Å². The molecule has 2 aliphatic rings. The first kappa shape index (κ1) is 12.1. The largest absolute Gasteiger partial charge is 0.385 e. The molecule has 5 nitrogen and oxygen atoms in total. The molecule has 2 atom stereocenters. The molecule has 1 saturated heterocycles. The molecular weight excluding hydrogens is 228 g/mol. The van der Waals surface area contributed by atoms with Gasteiger partial charge in [-0.25, -0.2) is 9.67 Å². The first-order valence-electron chi connectivity index (χ1n) is 7.05. The molecule has 3 rings (SSSR count). The molecule has 0 spiro atoms. The fourth-order valence-corrected chi connectivity index (χ4v) is 3.17. The molecule has 0 amide bonds. The van der Waals surface area contributed by atoms with Gasteiger partial charge in [-0.05, 0) is 46.1 Å². The Bertz CT molecular complexity index is 429. The standard InChI is InChI=1S/C13H22N4O/c1-9(2)16-7-3-5-10(16)12-14-13-11(18)6-4-8-17(13)15-12/h9-11,18H,3-8H2,1-2H3. The quantitative estimate of drug-likeness (QED) is 0.867. The average molecular weight is 250 g/mol. The third-order valence-corrected chi connectivity index (χ3v) is 4.12. The van der Waals surface area contributed by atoms with E-state index in [9.17, 15) is 5.11 Å². The summed E-state index contributed by atoms with van der Waals surface area (Å²) in [5.41, 5.74) is 0. The van der Waals surface area contributed by atoms with Gasteiger partial charge in [0.25, 0.3) is 0 Å². The highest BCUT2D eigenvalue weighted by Crippen LogP contribution is 2.33. The molecule has 2 unspecified atom stereocenters. The smallest absolute Gasteiger partial charge is 0.168 e. The molecule has 0 bridgehead atoms. The van der Waals surface area contributed by atoms with E-state index in [0.717, 1.165) is 44.0 Å². The zero-order chi connectivity index (χ0) is 12.7. The second-order valence-electron chi connectivity index (χ2n) is 5.70. The molecule has 5 heteroatoms. The Kier molecular flexibility index (Phi) is 3.11. The van der Waals surface area contributed by atoms with E-state index < -0.39 is 6.10 Å². The Morgan fingerprint density at radius 1 is 1.22 bits per heavy atom. The van der Waals surface area contributed by atoms with Gasteiger partial charge in [0.1, 0.15) is 6.10 Å². The number of aryl methyl sites for hydroxylation is 1. The third kappa shape index (κ3) is 1.95. The van der Waals surface area contributed by atoms with Crippen LogP contribution in [0.25, 0.3) is 0 Å². The van der Waals surface area contributed by atoms with Gasteiger partial charge in [0, 0.05) is 12.6 Å². The van der Waals surface area contributed by atoms with Crippen LogP contribution in [0.15, 0.2) is 0 Å². The minimum atomic E-state index is -0.422. The molecule has 0 aliphatic carbocycles. The molecule has 100 valence electrons. The highest BCUT2D eigenvalue weighted by Gasteiger charge is 2.33. The molecule has 1 aromatic rings. The Hall–Kier alpha value is -0.940. The lowest BCUT2D eigenvalue weighted by molar-refractivity contribution is 0.130. The Balaban J connectivity index is 1.88. The summed E-state index contributed by atoms with van der Waals surface area (Å²) in [7, 11) is 0. The van der Waals surface area contributed by atoms with Gasteiger partial charge in [-0.1, -0.05) is 0 Å². The monoisotopic (exact) mass is 250 g/mol. The number of aromatic nitrogens is 3. The van der Waals surface area contributed by atoms with Crippen molar-refractivity contribution in [3.05, 3.63) is 11.6 Å². The third-order valence-electron chi connectivity index (χ3n) is 4.12. The Morgan fingerprint density at radius 2 is 2.00 bits per heavy atom. The SMILES string of the molecule is CC(C)N1CCCC1c1nc2n(n1)CCCC2O. The van der Waals surface area contributed by atoms with E-state index in [4.69, 9.17) is 0 Å². The van der Waals surface area contributed by atoms with Gasteiger partial charge >= 0.3 is 0 Å². The maximum absolute atomic E-state index is 9.96. The lowest BCUT2D eigenvalue weighted by Crippen LogP contribution is -2.30. The summed E-state index contributed by atoms with van der Waals surface area (Å²) in [6.07, 6.45) is 3.74. The second-order valence-corrected chi connectivity index (χ2v) is 5.70. The molecule has 2 aliphatic heterocycles. The van der Waals surface area contributed by atoms with E-state index in [-0.39, 0.29) is 0 Å². The van der Waals surface area contributed by atoms with Crippen molar-refractivity contribution < 1.29 is 5.11 Å². The van der Waals surface area contributed by atoms with Crippen LogP contribution in [0.1, 0.15) is 63.3 Å². The molecule has 1 N–H and O–H groups in total. The molecule has 3 heterocycles. The first-order valence-corrected chi connectivity index (χ1v) is 7.05. The van der Waals surface area contributed by atoms with E-state index in [2.05, 4.69) is 28.8 Å². The lowest BCUT2D eigenvalue weighted by atomic mass is 10.1. The van der Waals surface area contributed by atoms with Crippen molar-refractivity contribution in [2.24, 2.45) is 0 Å². The first-order chi connectivity index (χ1) is 8.66. The van der Waals surface area contributed by atoms with Crippen LogP contribution >= 0.6 is 0 Å². The summed E-state index contributed by atoms with van der Waals surface area (Å²) in [5.74, 6) is 1.68. The van der Waals surface area contributed by atoms with Gasteiger partial charge in [-0.15, -0.1) is 0 Å². The van der Waals surface area contributed by atoms with Crippen LogP contribution in [0.3, 0.4) is 0 Å². The predicted molar refractivity (Wildman–Crippen MR) is 68.0 cm³/mol. The van der Waals surface area contributed by atoms with Gasteiger partial charge in [0.05, 0.1) is 6.04 Å². The highest BCUT2D eigenvalue weighted by atomic mass is 16.3. The number of hydrogen-bond acceptors (Lipinski definition) is 4. The maximum Gasteiger partial charge on any atom is 0.168 e. The van der Waals surface area contributed by atoms with Crippen LogP contribution in [0.5, 0.6) is 0 Å². The predicted octanol–water partition coefficient (Wildman–Crippen LogP) is 1.65. The van der Waals surface area contributed by atoms with Crippen molar-refractivity contribution in [2.45, 2.75) is 64.3 Å². The molecule has 1 aromatic heterocycles. The van der Waals surface area contributed by atoms with Crippen molar-refractivity contribution in [3.8, 4) is 0 Å². The summed E-state index contributed by atoms with van der Waals surface area (Å²) in [4.78, 5) is 7.07. The Morgan fingerprint density at radius 3 is 2.72 bits per heavy atom. The van der Waals surface area contributed by atoms with Crippen LogP contribution in [-0.2, 0) is 6.54 Å². The molecule has 0 saturated carbocycles. The second kappa shape index (κ2) is 4.63. The van der Waals surface area contributed by atoms with Crippen LogP contribution in [0, 0.1) is 0 Å². The summed E-state index contributed by atoms with van der Waals surface area (Å²) in [6.45, 7) is 6.48. The molecule has 18 heavy (non-hydrogen) atoms. The minimum Gasteiger partial charge on any atom is -0.385 e. The number of aliphatic hydroxyl groups excluding tert-OH is 1. The number of rotatable bonds is 2. The lowest BCUT2D eigenvalue weighted by Gasteiger charge is -2.26. The number of nitrogens with zero attached hydrogens (tertiary/aromatic N) is 4. The topological polar surface area (TPSA) is 54.2 Å². The number of fused-ring (bicyclic) bond motifs is 1. The van der Waals surface area contributed by atoms with Gasteiger partial charge < -0.3 is 5.11 Å². The Labute approximate surface area is 108 Å². The summed E-state index contributed by atoms with van der Waals surface area (Å²) < 4.78 is 1.90. The molecule has 1 fully saturated rings. The van der Waals surface area contributed by atoms with Crippen molar-refractivity contribution in [2.75, 3.05) is 6.54 Å². The summed E-state index contributed by atoms with van der Waals surface area (Å²) >= 11 is 0. The fourth-order valence-electron chi connectivity index (χ4n) is 3.17. The minimum absolute atomic E-state index is 0.343. The van der Waals surface area contributed by atoms with E-state index in [1.165, 1.54) is 6.42 Å². The van der Waals surface area contributed by atoms with E-state index >= 15 is 0 Å². The zero-order valence-corrected chi connectivity index (χ0v) is 11.2. The van der Waals surface area contributed by atoms with Crippen LogP contribution < -0.4 is 0 Å². The van der Waals surface area contributed by atoms with Gasteiger partial charge in [0.2, 0.25) is 0 Å². The molecular formula is C13H22N4O. The van der Waals surface area contributed by atoms with Crippen molar-refractivity contribution in [3.63, 3.8) is 0 Å². The summed E-state index contributed by atoms with van der Waals surface area (Å²) in [6, 6.07) is 0.873. The van der Waals surface area contributed by atoms with Crippen molar-refractivity contribution in [1.29, 1.82) is 0 Å². The van der Waals surface area contributed by atoms with Gasteiger partial charge in [-0.3, -0.25) is 4.90 Å². The number of hydrogen-bond donors (Lipinski definition) is 1. The molecule has 0 radical (unpaired) electrons. The van der Waals surface area contributed by atoms with Gasteiger partial charge in [0.15, 0.2) is 11.6 Å². The molecule has 0 aromatic carbocycles. The van der Waals surface area contributed by atoms with Gasteiger partial charge in [-0.2, -0.15) is 5.10 Å².